The summed E-state index contributed by atoms with van der Waals surface area (Å²) in [6, 6.07) is 5.60. The number of amides is 1. The number of nitrogens with two attached hydrogens (primary N) is 1. The van der Waals surface area contributed by atoms with Gasteiger partial charge in [0.1, 0.15) is 5.75 Å². The minimum absolute atomic E-state index is 0.0915. The highest BCUT2D eigenvalue weighted by atomic mass is 16.5. The monoisotopic (exact) mass is 291 g/mol. The molecule has 5 heteroatoms. The first-order valence-corrected chi connectivity index (χ1v) is 7.69. The molecular formula is C16H25N3O2. The maximum Gasteiger partial charge on any atom is 0.251 e. The molecule has 5 nitrogen and oxygen atoms in total. The fourth-order valence-electron chi connectivity index (χ4n) is 2.86. The number of nitrogens with one attached hydrogen (secondary N) is 1. The van der Waals surface area contributed by atoms with Crippen LogP contribution < -0.4 is 15.8 Å². The third kappa shape index (κ3) is 4.11. The van der Waals surface area contributed by atoms with Crippen LogP contribution in [0.5, 0.6) is 5.75 Å². The van der Waals surface area contributed by atoms with E-state index in [2.05, 4.69) is 17.1 Å². The first kappa shape index (κ1) is 15.6. The summed E-state index contributed by atoms with van der Waals surface area (Å²) in [5.41, 5.74) is 6.92. The van der Waals surface area contributed by atoms with Gasteiger partial charge in [-0.25, -0.2) is 0 Å². The average Bonchev–Trinajstić information content (AvgIpc) is 2.92. The van der Waals surface area contributed by atoms with Gasteiger partial charge in [-0.1, -0.05) is 6.92 Å². The molecule has 0 aliphatic carbocycles. The number of carbonyl (C=O) groups is 1. The Labute approximate surface area is 126 Å². The second-order valence-electron chi connectivity index (χ2n) is 5.36. The number of nitrogen functional groups attached to an aromatic ring is 1. The number of anilines is 1. The summed E-state index contributed by atoms with van der Waals surface area (Å²) in [5, 5.41) is 3.01. The number of likely N-dealkylation sites (tertiary alicyclic amines) is 1. The van der Waals surface area contributed by atoms with Gasteiger partial charge < -0.3 is 15.8 Å². The van der Waals surface area contributed by atoms with Gasteiger partial charge in [0.2, 0.25) is 0 Å². The van der Waals surface area contributed by atoms with Crippen molar-refractivity contribution >= 4 is 11.6 Å². The Morgan fingerprint density at radius 1 is 1.43 bits per heavy atom. The largest absolute Gasteiger partial charge is 0.494 e. The van der Waals surface area contributed by atoms with Gasteiger partial charge in [-0.15, -0.1) is 0 Å². The fourth-order valence-corrected chi connectivity index (χ4v) is 2.86. The van der Waals surface area contributed by atoms with Gasteiger partial charge in [0.15, 0.2) is 0 Å². The molecule has 1 saturated heterocycles. The smallest absolute Gasteiger partial charge is 0.251 e. The van der Waals surface area contributed by atoms with E-state index in [1.54, 1.807) is 18.2 Å². The van der Waals surface area contributed by atoms with Gasteiger partial charge in [-0.2, -0.15) is 0 Å². The summed E-state index contributed by atoms with van der Waals surface area (Å²) in [6.07, 6.45) is 2.36. The number of carbonyl (C=O) groups excluding carboxylic acids is 1. The number of nitrogens with zero attached hydrogens (tertiary/aromatic N) is 1. The van der Waals surface area contributed by atoms with Crippen LogP contribution >= 0.6 is 0 Å². The van der Waals surface area contributed by atoms with E-state index in [4.69, 9.17) is 10.5 Å². The van der Waals surface area contributed by atoms with Crippen LogP contribution in [0.15, 0.2) is 18.2 Å². The lowest BCUT2D eigenvalue weighted by Crippen LogP contribution is -2.40. The third-order valence-corrected chi connectivity index (χ3v) is 3.91. The van der Waals surface area contributed by atoms with Crippen LogP contribution in [-0.4, -0.2) is 43.1 Å². The normalized spacial score (nSPS) is 18.7. The van der Waals surface area contributed by atoms with E-state index >= 15 is 0 Å². The van der Waals surface area contributed by atoms with Crippen LogP contribution in [0.1, 0.15) is 37.0 Å². The van der Waals surface area contributed by atoms with E-state index < -0.39 is 0 Å². The minimum Gasteiger partial charge on any atom is -0.494 e. The molecule has 1 aliphatic heterocycles. The molecule has 1 unspecified atom stereocenters. The molecular weight excluding hydrogens is 266 g/mol. The summed E-state index contributed by atoms with van der Waals surface area (Å²) in [4.78, 5) is 14.7. The molecule has 1 amide bonds. The molecule has 1 aliphatic rings. The summed E-state index contributed by atoms with van der Waals surface area (Å²) >= 11 is 0. The molecule has 0 spiro atoms. The molecule has 0 aromatic heterocycles. The lowest BCUT2D eigenvalue weighted by atomic mass is 10.1. The maximum absolute atomic E-state index is 12.3. The lowest BCUT2D eigenvalue weighted by Gasteiger charge is -2.22. The maximum atomic E-state index is 12.3. The molecule has 116 valence electrons. The van der Waals surface area contributed by atoms with Crippen molar-refractivity contribution in [1.82, 2.24) is 10.2 Å². The van der Waals surface area contributed by atoms with Gasteiger partial charge in [-0.05, 0) is 45.0 Å². The number of ether oxygens (including phenoxy) is 1. The zero-order chi connectivity index (χ0) is 15.2. The Morgan fingerprint density at radius 3 is 2.95 bits per heavy atom. The molecule has 0 saturated carbocycles. The van der Waals surface area contributed by atoms with E-state index in [1.165, 1.54) is 6.42 Å². The minimum atomic E-state index is -0.0915. The molecule has 1 aromatic carbocycles. The van der Waals surface area contributed by atoms with Crippen LogP contribution in [0.3, 0.4) is 0 Å². The quantitative estimate of drug-likeness (QED) is 0.785. The van der Waals surface area contributed by atoms with E-state index in [1.807, 2.05) is 6.92 Å². The molecule has 1 aromatic rings. The molecule has 21 heavy (non-hydrogen) atoms. The number of rotatable bonds is 6. The van der Waals surface area contributed by atoms with Gasteiger partial charge >= 0.3 is 0 Å². The molecule has 1 atom stereocenters. The number of likely N-dealkylation sites (N-methyl/N-ethyl adjacent to an activating group) is 1. The van der Waals surface area contributed by atoms with Gasteiger partial charge in [0.05, 0.1) is 6.61 Å². The molecule has 0 radical (unpaired) electrons. The Bertz CT molecular complexity index is 490. The topological polar surface area (TPSA) is 67.6 Å². The summed E-state index contributed by atoms with van der Waals surface area (Å²) < 4.78 is 5.42. The van der Waals surface area contributed by atoms with E-state index in [0.717, 1.165) is 19.5 Å². The Morgan fingerprint density at radius 2 is 2.24 bits per heavy atom. The zero-order valence-corrected chi connectivity index (χ0v) is 12.9. The van der Waals surface area contributed by atoms with Crippen LogP contribution in [0.2, 0.25) is 0 Å². The van der Waals surface area contributed by atoms with E-state index in [-0.39, 0.29) is 5.91 Å². The fraction of sp³-hybridized carbons (Fsp3) is 0.562. The van der Waals surface area contributed by atoms with Gasteiger partial charge in [-0.3, -0.25) is 9.69 Å². The summed E-state index contributed by atoms with van der Waals surface area (Å²) in [5.74, 6) is 0.546. The first-order chi connectivity index (χ1) is 10.1. The Hall–Kier alpha value is -1.75. The predicted molar refractivity (Wildman–Crippen MR) is 84.6 cm³/mol. The van der Waals surface area contributed by atoms with Crippen molar-refractivity contribution in [3.63, 3.8) is 0 Å². The van der Waals surface area contributed by atoms with Crippen molar-refractivity contribution in [1.29, 1.82) is 0 Å². The highest BCUT2D eigenvalue weighted by Gasteiger charge is 2.23. The van der Waals surface area contributed by atoms with Crippen LogP contribution in [0, 0.1) is 0 Å². The van der Waals surface area contributed by atoms with Crippen molar-refractivity contribution in [2.45, 2.75) is 32.7 Å². The van der Waals surface area contributed by atoms with Crippen LogP contribution in [-0.2, 0) is 0 Å². The summed E-state index contributed by atoms with van der Waals surface area (Å²) in [7, 11) is 0. The van der Waals surface area contributed by atoms with Crippen molar-refractivity contribution in [2.24, 2.45) is 0 Å². The molecule has 1 heterocycles. The zero-order valence-electron chi connectivity index (χ0n) is 12.9. The van der Waals surface area contributed by atoms with Gasteiger partial charge in [0, 0.05) is 29.9 Å². The second-order valence-corrected chi connectivity index (χ2v) is 5.36. The average molecular weight is 291 g/mol. The highest BCUT2D eigenvalue weighted by molar-refractivity contribution is 5.95. The van der Waals surface area contributed by atoms with Crippen molar-refractivity contribution in [3.8, 4) is 5.75 Å². The van der Waals surface area contributed by atoms with Crippen LogP contribution in [0.25, 0.3) is 0 Å². The predicted octanol–water partition coefficient (Wildman–Crippen LogP) is 1.88. The summed E-state index contributed by atoms with van der Waals surface area (Å²) in [6.45, 7) is 7.47. The molecule has 0 bridgehead atoms. The molecule has 2 rings (SSSR count). The van der Waals surface area contributed by atoms with Crippen molar-refractivity contribution < 1.29 is 9.53 Å². The third-order valence-electron chi connectivity index (χ3n) is 3.91. The number of benzene rings is 1. The second kappa shape index (κ2) is 7.31. The van der Waals surface area contributed by atoms with E-state index in [9.17, 15) is 4.79 Å². The first-order valence-electron chi connectivity index (χ1n) is 7.69. The SMILES string of the molecule is CCOc1cc(N)cc(C(=O)NCC2CCCN2CC)c1. The van der Waals surface area contributed by atoms with Crippen molar-refractivity contribution in [2.75, 3.05) is 32.0 Å². The molecule has 3 N–H and O–H groups in total. The van der Waals surface area contributed by atoms with Crippen molar-refractivity contribution in [3.05, 3.63) is 23.8 Å². The van der Waals surface area contributed by atoms with Crippen LogP contribution in [0.4, 0.5) is 5.69 Å². The lowest BCUT2D eigenvalue weighted by molar-refractivity contribution is 0.0941. The number of hydrogen-bond acceptors (Lipinski definition) is 4. The molecule has 1 fully saturated rings. The highest BCUT2D eigenvalue weighted by Crippen LogP contribution is 2.19. The Kier molecular flexibility index (Phi) is 5.44. The Balaban J connectivity index is 1.96. The van der Waals surface area contributed by atoms with Gasteiger partial charge in [0.25, 0.3) is 5.91 Å². The number of hydrogen-bond donors (Lipinski definition) is 2. The standard InChI is InChI=1S/C16H25N3O2/c1-3-19-7-5-6-14(19)11-18-16(20)12-8-13(17)10-15(9-12)21-4-2/h8-10,14H,3-7,11,17H2,1-2H3,(H,18,20). The van der Waals surface area contributed by atoms with E-state index in [0.29, 0.717) is 36.2 Å².